The average molecular weight is 166 g/mol. The fraction of sp³-hybridized carbons (Fsp3) is 1.00. The van der Waals surface area contributed by atoms with Gasteiger partial charge in [-0.1, -0.05) is 0 Å². The second-order valence-electron chi connectivity index (χ2n) is 5.18. The molecule has 0 heterocycles. The fourth-order valence-corrected chi connectivity index (χ4v) is 4.28. The molecule has 3 rings (SSSR count). The zero-order valence-corrected chi connectivity index (χ0v) is 7.58. The van der Waals surface area contributed by atoms with E-state index in [1.54, 1.807) is 0 Å². The Morgan fingerprint density at radius 2 is 1.50 bits per heavy atom. The lowest BCUT2D eigenvalue weighted by Crippen LogP contribution is -2.15. The molecule has 2 bridgehead atoms. The third-order valence-corrected chi connectivity index (χ3v) is 4.74. The highest BCUT2D eigenvalue weighted by molar-refractivity contribution is 5.01. The van der Waals surface area contributed by atoms with Gasteiger partial charge in [0.1, 0.15) is 0 Å². The first-order valence-electron chi connectivity index (χ1n) is 5.49. The maximum atomic E-state index is 9.11. The minimum atomic E-state index is 0.451. The number of rotatable bonds is 1. The van der Waals surface area contributed by atoms with Crippen molar-refractivity contribution in [1.29, 1.82) is 0 Å². The van der Waals surface area contributed by atoms with Crippen molar-refractivity contribution >= 4 is 0 Å². The van der Waals surface area contributed by atoms with Gasteiger partial charge in [0.2, 0.25) is 0 Å². The number of hydrogen-bond acceptors (Lipinski definition) is 1. The lowest BCUT2D eigenvalue weighted by Gasteiger charge is -2.23. The van der Waals surface area contributed by atoms with Crippen molar-refractivity contribution in [2.75, 3.05) is 6.61 Å². The summed E-state index contributed by atoms with van der Waals surface area (Å²) in [5, 5.41) is 9.11. The summed E-state index contributed by atoms with van der Waals surface area (Å²) in [6.07, 6.45) is 7.24. The molecule has 0 aromatic heterocycles. The number of hydrogen-bond donors (Lipinski definition) is 1. The van der Waals surface area contributed by atoms with Crippen LogP contribution in [0.5, 0.6) is 0 Å². The molecule has 3 fully saturated rings. The highest BCUT2D eigenvalue weighted by atomic mass is 16.3. The van der Waals surface area contributed by atoms with Crippen molar-refractivity contribution in [3.8, 4) is 0 Å². The summed E-state index contributed by atoms with van der Waals surface area (Å²) in [6.45, 7) is 0.451. The molecule has 1 N–H and O–H groups in total. The summed E-state index contributed by atoms with van der Waals surface area (Å²) >= 11 is 0. The van der Waals surface area contributed by atoms with Gasteiger partial charge < -0.3 is 5.11 Å². The van der Waals surface area contributed by atoms with Crippen molar-refractivity contribution in [3.63, 3.8) is 0 Å². The molecule has 3 aliphatic rings. The van der Waals surface area contributed by atoms with Crippen molar-refractivity contribution in [2.24, 2.45) is 29.6 Å². The topological polar surface area (TPSA) is 20.2 Å². The van der Waals surface area contributed by atoms with E-state index in [-0.39, 0.29) is 0 Å². The fourth-order valence-electron chi connectivity index (χ4n) is 4.28. The molecular weight excluding hydrogens is 148 g/mol. The minimum absolute atomic E-state index is 0.451. The maximum Gasteiger partial charge on any atom is 0.0459 e. The van der Waals surface area contributed by atoms with Crippen molar-refractivity contribution in [2.45, 2.75) is 32.1 Å². The largest absolute Gasteiger partial charge is 0.396 e. The Kier molecular flexibility index (Phi) is 1.52. The van der Waals surface area contributed by atoms with Gasteiger partial charge in [-0.25, -0.2) is 0 Å². The van der Waals surface area contributed by atoms with Gasteiger partial charge >= 0.3 is 0 Å². The first kappa shape index (κ1) is 7.37. The van der Waals surface area contributed by atoms with Gasteiger partial charge in [0.15, 0.2) is 0 Å². The van der Waals surface area contributed by atoms with E-state index in [1.807, 2.05) is 0 Å². The summed E-state index contributed by atoms with van der Waals surface area (Å²) in [7, 11) is 0. The van der Waals surface area contributed by atoms with Crippen LogP contribution in [0.15, 0.2) is 0 Å². The Labute approximate surface area is 74.2 Å². The van der Waals surface area contributed by atoms with Crippen LogP contribution in [-0.2, 0) is 0 Å². The summed E-state index contributed by atoms with van der Waals surface area (Å²) in [4.78, 5) is 0. The minimum Gasteiger partial charge on any atom is -0.396 e. The van der Waals surface area contributed by atoms with Crippen molar-refractivity contribution in [1.82, 2.24) is 0 Å². The Hall–Kier alpha value is -0.0400. The standard InChI is InChI=1S/C11H18O/c12-6-7-3-10-8-1-2-9(5-8)11(10)4-7/h7-12H,1-6H2/t7?,8-,9-,10-,11+/m0/s1. The van der Waals surface area contributed by atoms with E-state index in [0.717, 1.165) is 23.7 Å². The SMILES string of the molecule is OCC1C[C@@H]2[C@H]3CC[C@@H](C3)[C@@H]2C1. The van der Waals surface area contributed by atoms with Gasteiger partial charge in [-0.2, -0.15) is 0 Å². The van der Waals surface area contributed by atoms with Gasteiger partial charge in [-0.3, -0.25) is 0 Å². The molecular formula is C11H18O. The molecule has 0 aliphatic heterocycles. The van der Waals surface area contributed by atoms with E-state index in [0.29, 0.717) is 12.5 Å². The summed E-state index contributed by atoms with van der Waals surface area (Å²) in [6, 6.07) is 0. The normalized spacial score (nSPS) is 56.2. The number of fused-ring (bicyclic) bond motifs is 5. The Morgan fingerprint density at radius 3 is 2.00 bits per heavy atom. The van der Waals surface area contributed by atoms with E-state index in [9.17, 15) is 0 Å². The smallest absolute Gasteiger partial charge is 0.0459 e. The van der Waals surface area contributed by atoms with E-state index in [1.165, 1.54) is 32.1 Å². The first-order chi connectivity index (χ1) is 5.88. The molecule has 5 atom stereocenters. The zero-order chi connectivity index (χ0) is 8.13. The van der Waals surface area contributed by atoms with Gasteiger partial charge in [0.05, 0.1) is 0 Å². The quantitative estimate of drug-likeness (QED) is 0.632. The molecule has 12 heavy (non-hydrogen) atoms. The monoisotopic (exact) mass is 166 g/mol. The van der Waals surface area contributed by atoms with Crippen LogP contribution in [0.25, 0.3) is 0 Å². The van der Waals surface area contributed by atoms with E-state index in [2.05, 4.69) is 0 Å². The van der Waals surface area contributed by atoms with Crippen molar-refractivity contribution in [3.05, 3.63) is 0 Å². The third kappa shape index (κ3) is 0.834. The molecule has 0 radical (unpaired) electrons. The summed E-state index contributed by atoms with van der Waals surface area (Å²) in [5.41, 5.74) is 0. The van der Waals surface area contributed by atoms with Crippen LogP contribution >= 0.6 is 0 Å². The number of aliphatic hydroxyl groups is 1. The molecule has 1 unspecified atom stereocenters. The van der Waals surface area contributed by atoms with Gasteiger partial charge in [0.25, 0.3) is 0 Å². The van der Waals surface area contributed by atoms with Crippen LogP contribution in [0.4, 0.5) is 0 Å². The lowest BCUT2D eigenvalue weighted by molar-refractivity contribution is 0.218. The van der Waals surface area contributed by atoms with Crippen LogP contribution in [0.1, 0.15) is 32.1 Å². The van der Waals surface area contributed by atoms with E-state index in [4.69, 9.17) is 5.11 Å². The van der Waals surface area contributed by atoms with E-state index < -0.39 is 0 Å². The van der Waals surface area contributed by atoms with Crippen molar-refractivity contribution < 1.29 is 5.11 Å². The van der Waals surface area contributed by atoms with Crippen LogP contribution in [0.2, 0.25) is 0 Å². The predicted molar refractivity (Wildman–Crippen MR) is 47.6 cm³/mol. The van der Waals surface area contributed by atoms with Crippen LogP contribution in [-0.4, -0.2) is 11.7 Å². The third-order valence-electron chi connectivity index (χ3n) is 4.74. The maximum absolute atomic E-state index is 9.11. The molecule has 0 amide bonds. The molecule has 0 spiro atoms. The molecule has 1 nitrogen and oxygen atoms in total. The first-order valence-corrected chi connectivity index (χ1v) is 5.49. The molecule has 0 saturated heterocycles. The second kappa shape index (κ2) is 2.47. The Balaban J connectivity index is 1.78. The Bertz CT molecular complexity index is 171. The molecule has 3 saturated carbocycles. The van der Waals surface area contributed by atoms with Crippen LogP contribution < -0.4 is 0 Å². The van der Waals surface area contributed by atoms with Gasteiger partial charge in [0, 0.05) is 6.61 Å². The zero-order valence-electron chi connectivity index (χ0n) is 7.58. The van der Waals surface area contributed by atoms with Gasteiger partial charge in [-0.05, 0) is 61.7 Å². The van der Waals surface area contributed by atoms with Gasteiger partial charge in [-0.15, -0.1) is 0 Å². The highest BCUT2D eigenvalue weighted by Crippen LogP contribution is 2.59. The number of aliphatic hydroxyl groups excluding tert-OH is 1. The summed E-state index contributed by atoms with van der Waals surface area (Å²) < 4.78 is 0. The molecule has 0 aromatic rings. The summed E-state index contributed by atoms with van der Waals surface area (Å²) in [5.74, 6) is 4.86. The molecule has 3 aliphatic carbocycles. The highest BCUT2D eigenvalue weighted by Gasteiger charge is 2.51. The Morgan fingerprint density at radius 1 is 0.917 bits per heavy atom. The lowest BCUT2D eigenvalue weighted by atomic mass is 9.82. The van der Waals surface area contributed by atoms with E-state index >= 15 is 0 Å². The average Bonchev–Trinajstić information content (AvgIpc) is 2.75. The molecule has 1 heteroatoms. The van der Waals surface area contributed by atoms with Crippen LogP contribution in [0.3, 0.4) is 0 Å². The molecule has 0 aromatic carbocycles. The molecule has 68 valence electrons. The second-order valence-corrected chi connectivity index (χ2v) is 5.18. The van der Waals surface area contributed by atoms with Crippen LogP contribution in [0, 0.1) is 29.6 Å². The predicted octanol–water partition coefficient (Wildman–Crippen LogP) is 2.05.